The Bertz CT molecular complexity index is 1540. The van der Waals surface area contributed by atoms with Crippen molar-refractivity contribution >= 4 is 44.8 Å². The molecule has 3 atom stereocenters. The van der Waals surface area contributed by atoms with E-state index in [1.807, 2.05) is 18.2 Å². The van der Waals surface area contributed by atoms with E-state index < -0.39 is 28.6 Å². The van der Waals surface area contributed by atoms with Crippen molar-refractivity contribution in [2.75, 3.05) is 17.7 Å². The highest BCUT2D eigenvalue weighted by molar-refractivity contribution is 6.74. The van der Waals surface area contributed by atoms with Crippen LogP contribution in [0.4, 0.5) is 11.5 Å². The number of ether oxygens (including phenoxy) is 1. The zero-order chi connectivity index (χ0) is 32.0. The Morgan fingerprint density at radius 2 is 1.72 bits per heavy atom. The van der Waals surface area contributed by atoms with E-state index in [1.165, 1.54) is 4.57 Å². The van der Waals surface area contributed by atoms with Gasteiger partial charge in [0.25, 0.3) is 5.91 Å². The number of hydrogen-bond acceptors (Lipinski definition) is 7. The number of fused-ring (bicyclic) bond motifs is 1. The van der Waals surface area contributed by atoms with Crippen molar-refractivity contribution in [1.29, 1.82) is 0 Å². The van der Waals surface area contributed by atoms with Gasteiger partial charge in [-0.1, -0.05) is 59.7 Å². The average molecular weight is 625 g/mol. The Morgan fingerprint density at radius 3 is 2.35 bits per heavy atom. The van der Waals surface area contributed by atoms with E-state index in [2.05, 4.69) is 78.0 Å². The van der Waals surface area contributed by atoms with Gasteiger partial charge in [-0.2, -0.15) is 4.98 Å². The molecule has 0 spiro atoms. The highest BCUT2D eigenvalue weighted by Crippen LogP contribution is 2.42. The third-order valence-corrected chi connectivity index (χ3v) is 18.4. The zero-order valence-corrected chi connectivity index (χ0v) is 29.3. The van der Waals surface area contributed by atoms with Gasteiger partial charge in [-0.25, -0.2) is 4.79 Å². The van der Waals surface area contributed by atoms with Gasteiger partial charge in [0.05, 0.1) is 12.7 Å². The van der Waals surface area contributed by atoms with E-state index in [4.69, 9.17) is 19.3 Å². The number of carbonyl (C=O) groups excluding carboxylic acids is 1. The number of nitrogens with two attached hydrogens (primary N) is 1. The van der Waals surface area contributed by atoms with E-state index in [1.54, 1.807) is 30.5 Å². The van der Waals surface area contributed by atoms with Crippen molar-refractivity contribution in [3.05, 3.63) is 64.7 Å². The average Bonchev–Trinajstić information content (AvgIpc) is 3.27. The summed E-state index contributed by atoms with van der Waals surface area (Å²) >= 11 is 0. The van der Waals surface area contributed by atoms with E-state index in [0.29, 0.717) is 24.3 Å². The Morgan fingerprint density at radius 1 is 1.05 bits per heavy atom. The van der Waals surface area contributed by atoms with Crippen molar-refractivity contribution in [1.82, 2.24) is 9.55 Å². The molecule has 4 rings (SSSR count). The number of amides is 1. The molecule has 1 aromatic heterocycles. The smallest absolute Gasteiger partial charge is 0.351 e. The molecule has 0 bridgehead atoms. The quantitative estimate of drug-likeness (QED) is 0.206. The van der Waals surface area contributed by atoms with Gasteiger partial charge in [-0.3, -0.25) is 9.36 Å². The van der Waals surface area contributed by atoms with E-state index in [9.17, 15) is 9.59 Å². The van der Waals surface area contributed by atoms with Crippen LogP contribution in [0.15, 0.2) is 53.5 Å². The largest absolute Gasteiger partial charge is 0.414 e. The summed E-state index contributed by atoms with van der Waals surface area (Å²) in [4.78, 5) is 30.4. The molecule has 1 fully saturated rings. The van der Waals surface area contributed by atoms with Crippen LogP contribution in [0.1, 0.15) is 64.5 Å². The maximum atomic E-state index is 13.2. The normalized spacial score (nSPS) is 20.0. The fourth-order valence-electron chi connectivity index (χ4n) is 4.54. The number of nitrogens with one attached hydrogen (secondary N) is 1. The van der Waals surface area contributed by atoms with Crippen molar-refractivity contribution < 1.29 is 18.4 Å². The molecule has 0 radical (unpaired) electrons. The molecule has 0 saturated carbocycles. The summed E-state index contributed by atoms with van der Waals surface area (Å²) < 4.78 is 21.3. The second-order valence-electron chi connectivity index (χ2n) is 14.6. The highest BCUT2D eigenvalue weighted by Gasteiger charge is 2.46. The van der Waals surface area contributed by atoms with Crippen LogP contribution in [0.2, 0.25) is 36.3 Å². The Kier molecular flexibility index (Phi) is 9.17. The number of nitrogen functional groups attached to an aromatic ring is 1. The van der Waals surface area contributed by atoms with Crippen LogP contribution in [0, 0.1) is 0 Å². The second kappa shape index (κ2) is 11.9. The number of carbonyl (C=O) groups is 1. The summed E-state index contributed by atoms with van der Waals surface area (Å²) in [6, 6.07) is 12.5. The summed E-state index contributed by atoms with van der Waals surface area (Å²) in [5, 5.41) is 4.55. The third-order valence-electron chi connectivity index (χ3n) is 9.41. The summed E-state index contributed by atoms with van der Waals surface area (Å²) in [5.41, 5.74) is 6.60. The molecule has 0 aliphatic carbocycles. The Labute approximate surface area is 257 Å². The van der Waals surface area contributed by atoms with Gasteiger partial charge in [-0.15, -0.1) is 0 Å². The van der Waals surface area contributed by atoms with Crippen molar-refractivity contribution in [2.24, 2.45) is 0 Å². The van der Waals surface area contributed by atoms with Crippen LogP contribution in [0.25, 0.3) is 10.8 Å². The minimum atomic E-state index is -2.13. The van der Waals surface area contributed by atoms with Gasteiger partial charge in [0.2, 0.25) is 0 Å². The molecule has 1 amide bonds. The Hall–Kier alpha value is -2.84. The lowest BCUT2D eigenvalue weighted by molar-refractivity contribution is -0.0411. The predicted molar refractivity (Wildman–Crippen MR) is 179 cm³/mol. The number of nitrogens with zero attached hydrogens (tertiary/aromatic N) is 2. The van der Waals surface area contributed by atoms with Gasteiger partial charge in [0, 0.05) is 29.3 Å². The molecule has 43 heavy (non-hydrogen) atoms. The lowest BCUT2D eigenvalue weighted by Gasteiger charge is -2.40. The molecule has 1 aliphatic heterocycles. The molecule has 1 aliphatic rings. The molecule has 9 nitrogen and oxygen atoms in total. The zero-order valence-electron chi connectivity index (χ0n) is 27.3. The number of benzene rings is 2. The molecule has 2 heterocycles. The molecule has 234 valence electrons. The minimum absolute atomic E-state index is 0.0188. The number of anilines is 2. The molecule has 2 aromatic carbocycles. The monoisotopic (exact) mass is 624 g/mol. The van der Waals surface area contributed by atoms with Gasteiger partial charge in [-0.05, 0) is 65.9 Å². The van der Waals surface area contributed by atoms with Gasteiger partial charge in [0.15, 0.2) is 16.6 Å². The van der Waals surface area contributed by atoms with Crippen molar-refractivity contribution in [3.63, 3.8) is 0 Å². The van der Waals surface area contributed by atoms with E-state index >= 15 is 0 Å². The molecule has 3 aromatic rings. The van der Waals surface area contributed by atoms with E-state index in [-0.39, 0.29) is 34.0 Å². The van der Waals surface area contributed by atoms with Crippen LogP contribution in [0.5, 0.6) is 0 Å². The van der Waals surface area contributed by atoms with Crippen LogP contribution in [-0.2, 0) is 13.6 Å². The lowest BCUT2D eigenvalue weighted by Crippen LogP contribution is -2.48. The van der Waals surface area contributed by atoms with Crippen molar-refractivity contribution in [2.45, 2.75) is 103 Å². The fourth-order valence-corrected chi connectivity index (χ4v) is 6.91. The lowest BCUT2D eigenvalue weighted by atomic mass is 10.1. The number of rotatable bonds is 8. The number of hydrogen-bond donors (Lipinski definition) is 2. The van der Waals surface area contributed by atoms with Crippen LogP contribution in [-0.4, -0.2) is 50.9 Å². The topological polar surface area (TPSA) is 118 Å². The summed E-state index contributed by atoms with van der Waals surface area (Å²) in [6.45, 7) is 22.5. The highest BCUT2D eigenvalue weighted by atomic mass is 28.4. The molecule has 0 unspecified atom stereocenters. The first-order chi connectivity index (χ1) is 19.8. The first-order valence-corrected chi connectivity index (χ1v) is 20.8. The number of aromatic nitrogens is 2. The first kappa shape index (κ1) is 33.1. The minimum Gasteiger partial charge on any atom is -0.414 e. The summed E-state index contributed by atoms with van der Waals surface area (Å²) in [7, 11) is -4.16. The maximum Gasteiger partial charge on any atom is 0.351 e. The van der Waals surface area contributed by atoms with Gasteiger partial charge in [0.1, 0.15) is 18.1 Å². The van der Waals surface area contributed by atoms with E-state index in [0.717, 1.165) is 10.8 Å². The fraction of sp³-hybridized carbons (Fsp3) is 0.531. The van der Waals surface area contributed by atoms with Gasteiger partial charge < -0.3 is 24.6 Å². The Balaban J connectivity index is 1.53. The first-order valence-electron chi connectivity index (χ1n) is 15.0. The summed E-state index contributed by atoms with van der Waals surface area (Å²) in [5.74, 6) is -0.213. The predicted octanol–water partition coefficient (Wildman–Crippen LogP) is 6.93. The third kappa shape index (κ3) is 7.29. The van der Waals surface area contributed by atoms with Gasteiger partial charge >= 0.3 is 5.69 Å². The maximum absolute atomic E-state index is 13.2. The standard InChI is InChI=1S/C32H48N4O5Si2/c1-31(2,3)42(7,8)39-20-26-25(41-43(9,10)32(4,5)6)19-28(40-26)36-17-16-27(35-30(36)38)34-29(37)22-15-14-21-12-11-13-24(33)23(21)18-22/h11-18,25-26,28H,19-20,33H2,1-10H3,(H,34,35,37,38)/t25-,26+,28+/m0/s1. The van der Waals surface area contributed by atoms with Crippen molar-refractivity contribution in [3.8, 4) is 0 Å². The van der Waals surface area contributed by atoms with Crippen LogP contribution >= 0.6 is 0 Å². The molecule has 1 saturated heterocycles. The van der Waals surface area contributed by atoms with Crippen LogP contribution < -0.4 is 16.7 Å². The molecular formula is C32H48N4O5Si2. The molecule has 11 heteroatoms. The summed E-state index contributed by atoms with van der Waals surface area (Å²) in [6.07, 6.45) is 1.02. The second-order valence-corrected chi connectivity index (χ2v) is 24.2. The molecular weight excluding hydrogens is 577 g/mol. The SMILES string of the molecule is CC(C)(C)[Si](C)(C)OC[C@H]1O[C@@H](n2ccc(NC(=O)c3ccc4cccc(N)c4c3)nc2=O)C[C@@H]1O[Si](C)(C)C(C)(C)C. The van der Waals surface area contributed by atoms with Crippen LogP contribution in [0.3, 0.4) is 0 Å². The molecule has 3 N–H and O–H groups in total.